The van der Waals surface area contributed by atoms with E-state index in [1.54, 1.807) is 6.07 Å². The Morgan fingerprint density at radius 1 is 1.39 bits per heavy atom. The van der Waals surface area contributed by atoms with Crippen molar-refractivity contribution in [1.29, 1.82) is 0 Å². The number of benzene rings is 1. The fourth-order valence-corrected chi connectivity index (χ4v) is 2.33. The maximum Gasteiger partial charge on any atom is 0.411 e. The predicted octanol–water partition coefficient (Wildman–Crippen LogP) is 3.31. The Bertz CT molecular complexity index is 906. The van der Waals surface area contributed by atoms with Crippen LogP contribution in [0.5, 0.6) is 5.75 Å². The minimum atomic E-state index is -4.45. The van der Waals surface area contributed by atoms with Gasteiger partial charge in [0.2, 0.25) is 11.5 Å². The molecule has 1 aromatic heterocycles. The summed E-state index contributed by atoms with van der Waals surface area (Å²) in [6.07, 6.45) is -0.871. The van der Waals surface area contributed by atoms with E-state index < -0.39 is 29.2 Å². The molecule has 2 aromatic rings. The van der Waals surface area contributed by atoms with Crippen LogP contribution in [-0.2, 0) is 18.4 Å². The Morgan fingerprint density at radius 2 is 2.11 bits per heavy atom. The number of hydrogen-bond acceptors (Lipinski definition) is 6. The van der Waals surface area contributed by atoms with Crippen LogP contribution in [0.3, 0.4) is 0 Å². The average Bonchev–Trinajstić information content (AvgIpc) is 3.01. The van der Waals surface area contributed by atoms with Gasteiger partial charge in [0.1, 0.15) is 18.6 Å². The van der Waals surface area contributed by atoms with E-state index in [-0.39, 0.29) is 12.3 Å². The van der Waals surface area contributed by atoms with Crippen LogP contribution in [-0.4, -0.2) is 40.4 Å². The molecule has 0 aliphatic heterocycles. The van der Waals surface area contributed by atoms with Crippen LogP contribution < -0.4 is 4.74 Å². The number of methoxy groups -OCH3 is 1. The number of carbonyl (C=O) groups is 1. The van der Waals surface area contributed by atoms with Crippen molar-refractivity contribution in [2.75, 3.05) is 13.7 Å². The Hall–Kier alpha value is -3.21. The molecule has 2 rings (SSSR count). The minimum absolute atomic E-state index is 0.314. The summed E-state index contributed by atoms with van der Waals surface area (Å²) >= 11 is 0. The summed E-state index contributed by atoms with van der Waals surface area (Å²) < 4.78 is 47.5. The molecule has 150 valence electrons. The Kier molecular flexibility index (Phi) is 6.52. The molecule has 11 heteroatoms. The number of carbonyl (C=O) groups excluding carboxylic acids is 1. The largest absolute Gasteiger partial charge is 0.496 e. The molecule has 0 unspecified atom stereocenters. The molecule has 0 fully saturated rings. The summed E-state index contributed by atoms with van der Waals surface area (Å²) in [4.78, 5) is 22.5. The van der Waals surface area contributed by atoms with Crippen molar-refractivity contribution in [2.45, 2.75) is 12.8 Å². The van der Waals surface area contributed by atoms with Gasteiger partial charge in [-0.3, -0.25) is 19.6 Å². The van der Waals surface area contributed by atoms with E-state index in [1.165, 1.54) is 32.4 Å². The first-order valence-corrected chi connectivity index (χ1v) is 7.82. The number of aryl methyl sites for hydroxylation is 1. The van der Waals surface area contributed by atoms with Gasteiger partial charge in [-0.2, -0.15) is 18.3 Å². The molecule has 0 atom stereocenters. The Morgan fingerprint density at radius 3 is 2.71 bits per heavy atom. The van der Waals surface area contributed by atoms with Gasteiger partial charge in [-0.25, -0.2) is 0 Å². The van der Waals surface area contributed by atoms with Gasteiger partial charge < -0.3 is 9.47 Å². The van der Waals surface area contributed by atoms with Crippen LogP contribution >= 0.6 is 0 Å². The third kappa shape index (κ3) is 5.64. The van der Waals surface area contributed by atoms with Crippen molar-refractivity contribution in [1.82, 2.24) is 9.78 Å². The number of nitrogens with zero attached hydrogens (tertiary/aromatic N) is 3. The number of nitro groups is 1. The van der Waals surface area contributed by atoms with Crippen LogP contribution in [0.2, 0.25) is 0 Å². The third-order valence-corrected chi connectivity index (χ3v) is 3.49. The zero-order chi connectivity index (χ0) is 20.9. The molecule has 8 nitrogen and oxygen atoms in total. The van der Waals surface area contributed by atoms with Crippen LogP contribution in [0.25, 0.3) is 6.08 Å². The summed E-state index contributed by atoms with van der Waals surface area (Å²) in [7, 11) is 2.81. The van der Waals surface area contributed by atoms with Crippen molar-refractivity contribution in [2.24, 2.45) is 7.05 Å². The maximum absolute atomic E-state index is 12.2. The molecule has 0 saturated carbocycles. The molecular formula is C17H16F3N3O5. The van der Waals surface area contributed by atoms with E-state index in [9.17, 15) is 28.1 Å². The first kappa shape index (κ1) is 21.1. The van der Waals surface area contributed by atoms with Gasteiger partial charge in [0.25, 0.3) is 0 Å². The normalized spacial score (nSPS) is 11.8. The van der Waals surface area contributed by atoms with E-state index in [1.807, 2.05) is 0 Å². The van der Waals surface area contributed by atoms with E-state index in [0.717, 1.165) is 17.0 Å². The maximum atomic E-state index is 12.2. The van der Waals surface area contributed by atoms with Gasteiger partial charge in [0.15, 0.2) is 0 Å². The molecular weight excluding hydrogens is 383 g/mol. The average molecular weight is 399 g/mol. The van der Waals surface area contributed by atoms with Gasteiger partial charge in [0, 0.05) is 12.6 Å². The third-order valence-electron chi connectivity index (χ3n) is 3.49. The highest BCUT2D eigenvalue weighted by atomic mass is 19.4. The molecule has 1 heterocycles. The number of alkyl halides is 3. The number of aromatic nitrogens is 2. The zero-order valence-electron chi connectivity index (χ0n) is 14.9. The summed E-state index contributed by atoms with van der Waals surface area (Å²) in [6, 6.07) is 4.58. The summed E-state index contributed by atoms with van der Waals surface area (Å²) in [5.41, 5.74) is 0.0858. The molecule has 0 aliphatic rings. The second-order valence-corrected chi connectivity index (χ2v) is 5.67. The topological polar surface area (TPSA) is 96.5 Å². The van der Waals surface area contributed by atoms with Crippen LogP contribution in [0.4, 0.5) is 18.9 Å². The van der Waals surface area contributed by atoms with Crippen LogP contribution in [0.15, 0.2) is 30.5 Å². The number of hydrogen-bond donors (Lipinski definition) is 0. The predicted molar refractivity (Wildman–Crippen MR) is 91.9 cm³/mol. The highest BCUT2D eigenvalue weighted by Crippen LogP contribution is 2.24. The van der Waals surface area contributed by atoms with Gasteiger partial charge in [-0.1, -0.05) is 12.1 Å². The zero-order valence-corrected chi connectivity index (χ0v) is 14.9. The fraction of sp³-hybridized carbons (Fsp3) is 0.294. The quantitative estimate of drug-likeness (QED) is 0.292. The first-order valence-electron chi connectivity index (χ1n) is 7.82. The molecule has 0 saturated heterocycles. The van der Waals surface area contributed by atoms with Crippen molar-refractivity contribution in [3.8, 4) is 5.75 Å². The van der Waals surface area contributed by atoms with E-state index in [4.69, 9.17) is 4.74 Å². The Labute approximate surface area is 157 Å². The molecule has 0 amide bonds. The number of rotatable bonds is 8. The summed E-state index contributed by atoms with van der Waals surface area (Å²) in [5, 5.41) is 14.7. The van der Waals surface area contributed by atoms with Gasteiger partial charge in [-0.15, -0.1) is 0 Å². The lowest BCUT2D eigenvalue weighted by molar-refractivity contribution is -0.385. The van der Waals surface area contributed by atoms with Crippen molar-refractivity contribution >= 4 is 17.5 Å². The van der Waals surface area contributed by atoms with E-state index in [0.29, 0.717) is 16.9 Å². The summed E-state index contributed by atoms with van der Waals surface area (Å²) in [6.45, 7) is -1.75. The van der Waals surface area contributed by atoms with Crippen molar-refractivity contribution in [3.05, 3.63) is 57.4 Å². The van der Waals surface area contributed by atoms with Crippen LogP contribution in [0, 0.1) is 10.1 Å². The summed E-state index contributed by atoms with van der Waals surface area (Å²) in [5.74, 6) is -0.357. The molecule has 28 heavy (non-hydrogen) atoms. The molecule has 0 aliphatic carbocycles. The SMILES string of the molecule is COc1ccc(/C=C/C(=O)c2nn(C)cc2[N+](=O)[O-])cc1COCC(F)(F)F. The van der Waals surface area contributed by atoms with Crippen LogP contribution in [0.1, 0.15) is 21.6 Å². The molecule has 0 bridgehead atoms. The second-order valence-electron chi connectivity index (χ2n) is 5.67. The minimum Gasteiger partial charge on any atom is -0.496 e. The lowest BCUT2D eigenvalue weighted by Crippen LogP contribution is -2.16. The van der Waals surface area contributed by atoms with Crippen molar-refractivity contribution < 1.29 is 32.4 Å². The second kappa shape index (κ2) is 8.65. The molecule has 0 radical (unpaired) electrons. The lowest BCUT2D eigenvalue weighted by atomic mass is 10.1. The number of halogens is 3. The van der Waals surface area contributed by atoms with E-state index >= 15 is 0 Å². The molecule has 1 aromatic carbocycles. The van der Waals surface area contributed by atoms with Gasteiger partial charge >= 0.3 is 11.9 Å². The molecule has 0 N–H and O–H groups in total. The number of ketones is 1. The lowest BCUT2D eigenvalue weighted by Gasteiger charge is -2.11. The highest BCUT2D eigenvalue weighted by molar-refractivity contribution is 6.07. The number of ether oxygens (including phenoxy) is 2. The Balaban J connectivity index is 2.18. The highest BCUT2D eigenvalue weighted by Gasteiger charge is 2.27. The monoisotopic (exact) mass is 399 g/mol. The van der Waals surface area contributed by atoms with Gasteiger partial charge in [-0.05, 0) is 23.8 Å². The van der Waals surface area contributed by atoms with E-state index in [2.05, 4.69) is 9.84 Å². The molecule has 0 spiro atoms. The standard InChI is InChI=1S/C17H16F3N3O5/c1-22-8-13(23(25)26)16(21-22)14(24)5-3-11-4-6-15(27-2)12(7-11)9-28-10-17(18,19)20/h3-8H,9-10H2,1-2H3/b5-3+. The first-order chi connectivity index (χ1) is 13.1. The number of allylic oxidation sites excluding steroid dienone is 1. The fourth-order valence-electron chi connectivity index (χ4n) is 2.33. The van der Waals surface area contributed by atoms with Crippen molar-refractivity contribution in [3.63, 3.8) is 0 Å². The smallest absolute Gasteiger partial charge is 0.411 e. The van der Waals surface area contributed by atoms with Gasteiger partial charge in [0.05, 0.1) is 18.6 Å².